The number of benzene rings is 2. The highest BCUT2D eigenvalue weighted by molar-refractivity contribution is 5.95. The highest BCUT2D eigenvalue weighted by Gasteiger charge is 2.13. The fourth-order valence-electron chi connectivity index (χ4n) is 3.35. The predicted molar refractivity (Wildman–Crippen MR) is 111 cm³/mol. The maximum Gasteiger partial charge on any atom is 0.338 e. The molecule has 2 heterocycles. The Morgan fingerprint density at radius 3 is 2.30 bits per heavy atom. The molecule has 3 aromatic rings. The van der Waals surface area contributed by atoms with Gasteiger partial charge in [-0.25, -0.2) is 9.48 Å². The van der Waals surface area contributed by atoms with Gasteiger partial charge in [-0.2, -0.15) is 0 Å². The Balaban J connectivity index is 1.26. The second-order valence-corrected chi connectivity index (χ2v) is 7.02. The summed E-state index contributed by atoms with van der Waals surface area (Å²) < 4.78 is 6.58. The first kappa shape index (κ1) is 19.6. The Kier molecular flexibility index (Phi) is 5.98. The van der Waals surface area contributed by atoms with Gasteiger partial charge < -0.3 is 15.0 Å². The molecule has 0 saturated carbocycles. The fraction of sp³-hybridized carbons (Fsp3) is 0.286. The van der Waals surface area contributed by atoms with Crippen LogP contribution in [-0.4, -0.2) is 51.8 Å². The minimum atomic E-state index is -0.575. The molecule has 154 valence electrons. The first-order valence-electron chi connectivity index (χ1n) is 9.84. The summed E-state index contributed by atoms with van der Waals surface area (Å²) in [5.41, 5.74) is 2.87. The van der Waals surface area contributed by atoms with Crippen molar-refractivity contribution in [3.05, 3.63) is 60.4 Å². The third-order valence-corrected chi connectivity index (χ3v) is 4.92. The van der Waals surface area contributed by atoms with E-state index in [4.69, 9.17) is 4.74 Å². The molecule has 1 N–H and O–H groups in total. The third kappa shape index (κ3) is 4.80. The molecule has 1 aromatic heterocycles. The summed E-state index contributed by atoms with van der Waals surface area (Å²) in [5.74, 6) is -0.965. The summed E-state index contributed by atoms with van der Waals surface area (Å²) in [7, 11) is 0. The van der Waals surface area contributed by atoms with Crippen molar-refractivity contribution in [1.29, 1.82) is 0 Å². The number of anilines is 2. The van der Waals surface area contributed by atoms with E-state index >= 15 is 0 Å². The van der Waals surface area contributed by atoms with E-state index in [1.807, 2.05) is 24.3 Å². The number of hydrogen-bond donors (Lipinski definition) is 1. The van der Waals surface area contributed by atoms with Gasteiger partial charge in [0.2, 0.25) is 0 Å². The molecule has 1 aliphatic heterocycles. The van der Waals surface area contributed by atoms with Gasteiger partial charge in [0.25, 0.3) is 5.91 Å². The van der Waals surface area contributed by atoms with Crippen molar-refractivity contribution in [3.8, 4) is 5.69 Å². The topological polar surface area (TPSA) is 102 Å². The number of nitrogens with one attached hydrogen (secondary N) is 1. The van der Waals surface area contributed by atoms with Gasteiger partial charge in [-0.05, 0) is 78.2 Å². The minimum absolute atomic E-state index is 0.338. The number of piperidine rings is 1. The lowest BCUT2D eigenvalue weighted by molar-refractivity contribution is -0.119. The number of ether oxygens (including phenoxy) is 1. The number of esters is 1. The van der Waals surface area contributed by atoms with Crippen molar-refractivity contribution in [2.45, 2.75) is 19.3 Å². The molecule has 1 saturated heterocycles. The van der Waals surface area contributed by atoms with E-state index in [9.17, 15) is 9.59 Å². The summed E-state index contributed by atoms with van der Waals surface area (Å²) in [5, 5.41) is 13.6. The average molecular weight is 406 g/mol. The van der Waals surface area contributed by atoms with Crippen molar-refractivity contribution in [3.63, 3.8) is 0 Å². The van der Waals surface area contributed by atoms with Gasteiger partial charge in [-0.1, -0.05) is 0 Å². The highest BCUT2D eigenvalue weighted by atomic mass is 16.5. The quantitative estimate of drug-likeness (QED) is 0.627. The SMILES string of the molecule is O=C(COC(=O)c1ccc(-n2cnnn2)cc1)Nc1ccc(N2CCCCC2)cc1. The highest BCUT2D eigenvalue weighted by Crippen LogP contribution is 2.21. The number of carbonyl (C=O) groups excluding carboxylic acids is 2. The second kappa shape index (κ2) is 9.17. The maximum atomic E-state index is 12.2. The van der Waals surface area contributed by atoms with Crippen LogP contribution in [0.4, 0.5) is 11.4 Å². The minimum Gasteiger partial charge on any atom is -0.452 e. The predicted octanol–water partition coefficient (Wildman–Crippen LogP) is 2.45. The van der Waals surface area contributed by atoms with Gasteiger partial charge in [0.1, 0.15) is 6.33 Å². The molecule has 9 heteroatoms. The lowest BCUT2D eigenvalue weighted by Crippen LogP contribution is -2.29. The van der Waals surface area contributed by atoms with Crippen LogP contribution in [0, 0.1) is 0 Å². The summed E-state index contributed by atoms with van der Waals surface area (Å²) in [6.45, 7) is 1.78. The molecule has 1 aliphatic rings. The van der Waals surface area contributed by atoms with Crippen LogP contribution in [0.3, 0.4) is 0 Å². The van der Waals surface area contributed by atoms with Gasteiger partial charge in [-0.3, -0.25) is 4.79 Å². The first-order valence-corrected chi connectivity index (χ1v) is 9.84. The lowest BCUT2D eigenvalue weighted by atomic mass is 10.1. The summed E-state index contributed by atoms with van der Waals surface area (Å²) in [4.78, 5) is 26.6. The van der Waals surface area contributed by atoms with Crippen molar-refractivity contribution < 1.29 is 14.3 Å². The van der Waals surface area contributed by atoms with Crippen LogP contribution in [0.1, 0.15) is 29.6 Å². The standard InChI is InChI=1S/C21H22N6O3/c28-20(23-17-6-10-18(11-7-17)26-12-2-1-3-13-26)14-30-21(29)16-4-8-19(9-5-16)27-15-22-24-25-27/h4-11,15H,1-3,12-14H2,(H,23,28). The Bertz CT molecular complexity index is 981. The Hall–Kier alpha value is -3.75. The lowest BCUT2D eigenvalue weighted by Gasteiger charge is -2.28. The van der Waals surface area contributed by atoms with Crippen LogP contribution in [0.25, 0.3) is 5.69 Å². The largest absolute Gasteiger partial charge is 0.452 e. The fourth-order valence-corrected chi connectivity index (χ4v) is 3.35. The van der Waals surface area contributed by atoms with E-state index in [1.54, 1.807) is 24.3 Å². The number of nitrogens with zero attached hydrogens (tertiary/aromatic N) is 5. The molecule has 0 unspecified atom stereocenters. The number of hydrogen-bond acceptors (Lipinski definition) is 7. The Labute approximate surface area is 173 Å². The van der Waals surface area contributed by atoms with Gasteiger partial charge in [-0.15, -0.1) is 5.10 Å². The monoisotopic (exact) mass is 406 g/mol. The summed E-state index contributed by atoms with van der Waals surface area (Å²) in [6.07, 6.45) is 5.16. The Morgan fingerprint density at radius 1 is 0.933 bits per heavy atom. The first-order chi connectivity index (χ1) is 14.7. The zero-order chi connectivity index (χ0) is 20.8. The van der Waals surface area contributed by atoms with E-state index < -0.39 is 5.97 Å². The molecular formula is C21H22N6O3. The van der Waals surface area contributed by atoms with Crippen LogP contribution in [0.2, 0.25) is 0 Å². The van der Waals surface area contributed by atoms with E-state index in [0.717, 1.165) is 18.8 Å². The molecule has 1 amide bonds. The van der Waals surface area contributed by atoms with Crippen LogP contribution < -0.4 is 10.2 Å². The second-order valence-electron chi connectivity index (χ2n) is 7.02. The van der Waals surface area contributed by atoms with E-state index in [2.05, 4.69) is 25.7 Å². The van der Waals surface area contributed by atoms with Crippen LogP contribution >= 0.6 is 0 Å². The molecule has 0 atom stereocenters. The number of rotatable bonds is 6. The van der Waals surface area contributed by atoms with Crippen LogP contribution in [0.15, 0.2) is 54.9 Å². The average Bonchev–Trinajstić information content (AvgIpc) is 3.34. The molecule has 0 bridgehead atoms. The van der Waals surface area contributed by atoms with Gasteiger partial charge in [0.05, 0.1) is 11.3 Å². The third-order valence-electron chi connectivity index (χ3n) is 4.92. The van der Waals surface area contributed by atoms with E-state index in [1.165, 1.54) is 30.3 Å². The van der Waals surface area contributed by atoms with Gasteiger partial charge in [0, 0.05) is 24.5 Å². The maximum absolute atomic E-state index is 12.2. The van der Waals surface area contributed by atoms with Crippen molar-refractivity contribution in [2.75, 3.05) is 29.9 Å². The van der Waals surface area contributed by atoms with Gasteiger partial charge in [0.15, 0.2) is 6.61 Å². The number of aromatic nitrogens is 4. The molecule has 0 spiro atoms. The van der Waals surface area contributed by atoms with Crippen LogP contribution in [-0.2, 0) is 9.53 Å². The smallest absolute Gasteiger partial charge is 0.338 e. The number of carbonyl (C=O) groups is 2. The van der Waals surface area contributed by atoms with Crippen LogP contribution in [0.5, 0.6) is 0 Å². The van der Waals surface area contributed by atoms with Crippen molar-refractivity contribution >= 4 is 23.3 Å². The number of amides is 1. The molecule has 4 rings (SSSR count). The van der Waals surface area contributed by atoms with Gasteiger partial charge >= 0.3 is 5.97 Å². The van der Waals surface area contributed by atoms with E-state index in [-0.39, 0.29) is 12.5 Å². The zero-order valence-electron chi connectivity index (χ0n) is 16.4. The molecule has 9 nitrogen and oxygen atoms in total. The summed E-state index contributed by atoms with van der Waals surface area (Å²) >= 11 is 0. The molecule has 0 aliphatic carbocycles. The molecular weight excluding hydrogens is 384 g/mol. The molecule has 0 radical (unpaired) electrons. The zero-order valence-corrected chi connectivity index (χ0v) is 16.4. The van der Waals surface area contributed by atoms with E-state index in [0.29, 0.717) is 16.9 Å². The van der Waals surface area contributed by atoms with Crippen molar-refractivity contribution in [1.82, 2.24) is 20.2 Å². The summed E-state index contributed by atoms with van der Waals surface area (Å²) in [6, 6.07) is 14.3. The normalized spacial score (nSPS) is 13.7. The Morgan fingerprint density at radius 2 is 1.63 bits per heavy atom. The molecule has 30 heavy (non-hydrogen) atoms. The molecule has 1 fully saturated rings. The number of tetrazole rings is 1. The molecule has 2 aromatic carbocycles. The van der Waals surface area contributed by atoms with Crippen molar-refractivity contribution in [2.24, 2.45) is 0 Å².